The van der Waals surface area contributed by atoms with E-state index in [4.69, 9.17) is 11.6 Å². The summed E-state index contributed by atoms with van der Waals surface area (Å²) >= 11 is 6.04. The van der Waals surface area contributed by atoms with Crippen LogP contribution in [0.15, 0.2) is 24.3 Å². The number of carbonyl (C=O) groups excluding carboxylic acids is 2. The van der Waals surface area contributed by atoms with Crippen LogP contribution >= 0.6 is 11.6 Å². The van der Waals surface area contributed by atoms with Gasteiger partial charge in [0.2, 0.25) is 5.91 Å². The number of anilines is 1. The molecule has 1 aromatic rings. The molecule has 1 fully saturated rings. The monoisotopic (exact) mass is 366 g/mol. The van der Waals surface area contributed by atoms with E-state index in [0.29, 0.717) is 30.6 Å². The van der Waals surface area contributed by atoms with Crippen molar-refractivity contribution in [2.45, 2.75) is 26.8 Å². The molecule has 0 aliphatic carbocycles. The third-order valence-corrected chi connectivity index (χ3v) is 4.39. The molecule has 1 aliphatic rings. The number of hydrogen-bond donors (Lipinski definition) is 2. The van der Waals surface area contributed by atoms with E-state index in [-0.39, 0.29) is 11.9 Å². The van der Waals surface area contributed by atoms with Crippen LogP contribution in [0.4, 0.5) is 10.5 Å². The summed E-state index contributed by atoms with van der Waals surface area (Å²) in [5.74, 6) is 0.228. The van der Waals surface area contributed by atoms with Crippen LogP contribution in [0.1, 0.15) is 20.8 Å². The van der Waals surface area contributed by atoms with Gasteiger partial charge in [-0.2, -0.15) is 0 Å². The Labute approximate surface area is 154 Å². The molecule has 0 spiro atoms. The van der Waals surface area contributed by atoms with Crippen molar-refractivity contribution in [3.8, 4) is 0 Å². The lowest BCUT2D eigenvalue weighted by molar-refractivity contribution is -0.122. The summed E-state index contributed by atoms with van der Waals surface area (Å²) < 4.78 is 0. The van der Waals surface area contributed by atoms with Crippen LogP contribution in [0, 0.1) is 5.92 Å². The Morgan fingerprint density at radius 2 is 1.84 bits per heavy atom. The molecule has 0 unspecified atom stereocenters. The quantitative estimate of drug-likeness (QED) is 0.840. The minimum Gasteiger partial charge on any atom is -0.368 e. The van der Waals surface area contributed by atoms with Crippen molar-refractivity contribution < 1.29 is 9.59 Å². The Balaban J connectivity index is 1.80. The molecule has 2 N–H and O–H groups in total. The van der Waals surface area contributed by atoms with Gasteiger partial charge in [0.1, 0.15) is 6.04 Å². The molecule has 1 atom stereocenters. The fourth-order valence-electron chi connectivity index (χ4n) is 2.64. The second-order valence-corrected chi connectivity index (χ2v) is 7.20. The summed E-state index contributed by atoms with van der Waals surface area (Å²) in [6.45, 7) is 9.07. The molecule has 0 radical (unpaired) electrons. The van der Waals surface area contributed by atoms with E-state index in [1.807, 2.05) is 38.1 Å². The van der Waals surface area contributed by atoms with E-state index >= 15 is 0 Å². The van der Waals surface area contributed by atoms with E-state index in [1.54, 1.807) is 11.8 Å². The molecule has 7 heteroatoms. The van der Waals surface area contributed by atoms with Crippen molar-refractivity contribution in [2.24, 2.45) is 5.92 Å². The van der Waals surface area contributed by atoms with Gasteiger partial charge >= 0.3 is 6.03 Å². The van der Waals surface area contributed by atoms with Gasteiger partial charge in [0.25, 0.3) is 0 Å². The number of nitrogens with one attached hydrogen (secondary N) is 2. The normalized spacial score (nSPS) is 15.9. The van der Waals surface area contributed by atoms with Crippen LogP contribution in [-0.4, -0.2) is 55.6 Å². The highest BCUT2D eigenvalue weighted by Crippen LogP contribution is 2.20. The average Bonchev–Trinajstić information content (AvgIpc) is 2.59. The summed E-state index contributed by atoms with van der Waals surface area (Å²) in [4.78, 5) is 28.3. The molecule has 1 saturated heterocycles. The Hall–Kier alpha value is -1.95. The number of carbonyl (C=O) groups is 2. The Kier molecular flexibility index (Phi) is 6.93. The number of rotatable bonds is 5. The van der Waals surface area contributed by atoms with Crippen molar-refractivity contribution >= 4 is 29.2 Å². The summed E-state index contributed by atoms with van der Waals surface area (Å²) in [6.07, 6.45) is 0. The van der Waals surface area contributed by atoms with Crippen LogP contribution in [0.25, 0.3) is 0 Å². The standard InChI is InChI=1S/C18H27ClN4O2/c1-13(2)12-20-17(24)14(3)21-18(25)23-9-7-22(8-10-23)16-6-4-5-15(19)11-16/h4-6,11,13-14H,7-10,12H2,1-3H3,(H,20,24)(H,21,25)/t14-/m0/s1. The van der Waals surface area contributed by atoms with Gasteiger partial charge in [-0.15, -0.1) is 0 Å². The minimum atomic E-state index is -0.544. The summed E-state index contributed by atoms with van der Waals surface area (Å²) in [7, 11) is 0. The summed E-state index contributed by atoms with van der Waals surface area (Å²) in [6, 6.07) is 6.98. The Morgan fingerprint density at radius 3 is 2.44 bits per heavy atom. The highest BCUT2D eigenvalue weighted by atomic mass is 35.5. The molecule has 6 nitrogen and oxygen atoms in total. The largest absolute Gasteiger partial charge is 0.368 e. The predicted octanol–water partition coefficient (Wildman–Crippen LogP) is 2.33. The second kappa shape index (κ2) is 8.94. The molecule has 138 valence electrons. The van der Waals surface area contributed by atoms with Gasteiger partial charge in [-0.25, -0.2) is 4.79 Å². The zero-order valence-electron chi connectivity index (χ0n) is 15.1. The van der Waals surface area contributed by atoms with Gasteiger partial charge in [-0.1, -0.05) is 31.5 Å². The van der Waals surface area contributed by atoms with Gasteiger partial charge in [0, 0.05) is 43.4 Å². The summed E-state index contributed by atoms with van der Waals surface area (Å²) in [5.41, 5.74) is 1.06. The molecule has 3 amide bonds. The maximum Gasteiger partial charge on any atom is 0.318 e. The van der Waals surface area contributed by atoms with E-state index in [2.05, 4.69) is 15.5 Å². The topological polar surface area (TPSA) is 64.7 Å². The number of benzene rings is 1. The van der Waals surface area contributed by atoms with Crippen LogP contribution in [0.2, 0.25) is 5.02 Å². The molecule has 25 heavy (non-hydrogen) atoms. The predicted molar refractivity (Wildman–Crippen MR) is 101 cm³/mol. The number of nitrogens with zero attached hydrogens (tertiary/aromatic N) is 2. The van der Waals surface area contributed by atoms with Crippen LogP contribution < -0.4 is 15.5 Å². The maximum absolute atomic E-state index is 12.3. The number of amides is 3. The summed E-state index contributed by atoms with van der Waals surface area (Å²) in [5, 5.41) is 6.31. The minimum absolute atomic E-state index is 0.153. The fourth-order valence-corrected chi connectivity index (χ4v) is 2.82. The molecule has 1 heterocycles. The molecule has 1 aliphatic heterocycles. The SMILES string of the molecule is CC(C)CNC(=O)[C@H](C)NC(=O)N1CCN(c2cccc(Cl)c2)CC1. The van der Waals surface area contributed by atoms with Crippen molar-refractivity contribution in [3.05, 3.63) is 29.3 Å². The molecular weight excluding hydrogens is 340 g/mol. The molecule has 1 aromatic carbocycles. The highest BCUT2D eigenvalue weighted by Gasteiger charge is 2.24. The fraction of sp³-hybridized carbons (Fsp3) is 0.556. The number of piperazine rings is 1. The van der Waals surface area contributed by atoms with Gasteiger partial charge < -0.3 is 20.4 Å². The number of urea groups is 1. The Morgan fingerprint density at radius 1 is 1.16 bits per heavy atom. The van der Waals surface area contributed by atoms with Gasteiger partial charge in [-0.05, 0) is 31.0 Å². The first kappa shape index (κ1) is 19.4. The van der Waals surface area contributed by atoms with Gasteiger partial charge in [-0.3, -0.25) is 4.79 Å². The van der Waals surface area contributed by atoms with Crippen LogP contribution in [0.5, 0.6) is 0 Å². The zero-order chi connectivity index (χ0) is 18.4. The van der Waals surface area contributed by atoms with E-state index in [0.717, 1.165) is 18.8 Å². The van der Waals surface area contributed by atoms with Crippen LogP contribution in [-0.2, 0) is 4.79 Å². The van der Waals surface area contributed by atoms with Crippen LogP contribution in [0.3, 0.4) is 0 Å². The van der Waals surface area contributed by atoms with Crippen molar-refractivity contribution in [1.29, 1.82) is 0 Å². The van der Waals surface area contributed by atoms with E-state index < -0.39 is 6.04 Å². The molecule has 0 bridgehead atoms. The molecule has 2 rings (SSSR count). The molecule has 0 saturated carbocycles. The smallest absolute Gasteiger partial charge is 0.318 e. The third-order valence-electron chi connectivity index (χ3n) is 4.16. The van der Waals surface area contributed by atoms with Crippen molar-refractivity contribution in [2.75, 3.05) is 37.6 Å². The molecule has 0 aromatic heterocycles. The lowest BCUT2D eigenvalue weighted by Crippen LogP contribution is -2.55. The average molecular weight is 367 g/mol. The third kappa shape index (κ3) is 5.81. The number of halogens is 1. The van der Waals surface area contributed by atoms with E-state index in [9.17, 15) is 9.59 Å². The van der Waals surface area contributed by atoms with Gasteiger partial charge in [0.05, 0.1) is 0 Å². The van der Waals surface area contributed by atoms with E-state index in [1.165, 1.54) is 0 Å². The second-order valence-electron chi connectivity index (χ2n) is 6.76. The highest BCUT2D eigenvalue weighted by molar-refractivity contribution is 6.30. The lowest BCUT2D eigenvalue weighted by Gasteiger charge is -2.36. The lowest BCUT2D eigenvalue weighted by atomic mass is 10.2. The van der Waals surface area contributed by atoms with Crippen molar-refractivity contribution in [3.63, 3.8) is 0 Å². The van der Waals surface area contributed by atoms with Crippen molar-refractivity contribution in [1.82, 2.24) is 15.5 Å². The molecular formula is C18H27ClN4O2. The Bertz CT molecular complexity index is 600. The number of hydrogen-bond acceptors (Lipinski definition) is 3. The first-order valence-corrected chi connectivity index (χ1v) is 9.08. The van der Waals surface area contributed by atoms with Gasteiger partial charge in [0.15, 0.2) is 0 Å². The first-order chi connectivity index (χ1) is 11.9. The first-order valence-electron chi connectivity index (χ1n) is 8.70. The maximum atomic E-state index is 12.3. The zero-order valence-corrected chi connectivity index (χ0v) is 15.8.